The van der Waals surface area contributed by atoms with Crippen molar-refractivity contribution >= 4 is 5.78 Å². The summed E-state index contributed by atoms with van der Waals surface area (Å²) < 4.78 is 0. The average molecular weight is 318 g/mol. The molecule has 3 aliphatic carbocycles. The van der Waals surface area contributed by atoms with Crippen molar-refractivity contribution in [3.63, 3.8) is 0 Å². The zero-order valence-corrected chi connectivity index (χ0v) is 14.6. The number of Topliss-reactive ketones (excluding diaryl/α,β-unsaturated/α-hetero) is 1. The molecule has 0 amide bonds. The molecule has 2 fully saturated rings. The highest BCUT2D eigenvalue weighted by Crippen LogP contribution is 2.63. The third-order valence-corrected chi connectivity index (χ3v) is 7.15. The van der Waals surface area contributed by atoms with Gasteiger partial charge in [0.1, 0.15) is 5.78 Å². The van der Waals surface area contributed by atoms with E-state index in [0.29, 0.717) is 19.3 Å². The maximum Gasteiger partial charge on any atom is 0.134 e. The quantitative estimate of drug-likeness (QED) is 0.768. The largest absolute Gasteiger partial charge is 0.396 e. The lowest BCUT2D eigenvalue weighted by atomic mass is 9.44. The van der Waals surface area contributed by atoms with E-state index in [-0.39, 0.29) is 35.1 Å². The van der Waals surface area contributed by atoms with Crippen LogP contribution in [0.1, 0.15) is 52.9 Å². The van der Waals surface area contributed by atoms with E-state index in [0.717, 1.165) is 18.4 Å². The molecule has 2 saturated carbocycles. The predicted molar refractivity (Wildman–Crippen MR) is 90.8 cm³/mol. The first-order chi connectivity index (χ1) is 10.7. The molecule has 0 aromatic carbocycles. The summed E-state index contributed by atoms with van der Waals surface area (Å²) in [6, 6.07) is 0. The van der Waals surface area contributed by atoms with Crippen LogP contribution < -0.4 is 0 Å². The molecule has 128 valence electrons. The molecule has 3 rings (SSSR count). The average Bonchev–Trinajstić information content (AvgIpc) is 2.49. The van der Waals surface area contributed by atoms with E-state index in [4.69, 9.17) is 0 Å². The number of carbonyl (C=O) groups excluding carboxylic acids is 1. The van der Waals surface area contributed by atoms with Gasteiger partial charge in [-0.3, -0.25) is 4.79 Å². The van der Waals surface area contributed by atoms with Gasteiger partial charge in [0, 0.05) is 30.3 Å². The van der Waals surface area contributed by atoms with E-state index in [9.17, 15) is 15.0 Å². The van der Waals surface area contributed by atoms with Crippen LogP contribution in [0.15, 0.2) is 24.3 Å². The lowest BCUT2D eigenvalue weighted by molar-refractivity contribution is -0.150. The summed E-state index contributed by atoms with van der Waals surface area (Å²) in [6.07, 6.45) is 7.36. The molecule has 0 saturated heterocycles. The monoisotopic (exact) mass is 318 g/mol. The van der Waals surface area contributed by atoms with Crippen molar-refractivity contribution in [2.45, 2.75) is 59.0 Å². The van der Waals surface area contributed by atoms with Crippen molar-refractivity contribution in [3.8, 4) is 0 Å². The highest BCUT2D eigenvalue weighted by molar-refractivity contribution is 5.81. The molecule has 3 nitrogen and oxygen atoms in total. The summed E-state index contributed by atoms with van der Waals surface area (Å²) >= 11 is 0. The summed E-state index contributed by atoms with van der Waals surface area (Å²) in [7, 11) is 0. The summed E-state index contributed by atoms with van der Waals surface area (Å²) in [5, 5.41) is 20.8. The summed E-state index contributed by atoms with van der Waals surface area (Å²) in [6.45, 7) is 10.4. The first-order valence-electron chi connectivity index (χ1n) is 8.84. The van der Waals surface area contributed by atoms with E-state index in [1.807, 2.05) is 13.0 Å². The molecule has 3 heteroatoms. The maximum atomic E-state index is 12.4. The van der Waals surface area contributed by atoms with Crippen molar-refractivity contribution in [1.82, 2.24) is 0 Å². The molecule has 6 unspecified atom stereocenters. The van der Waals surface area contributed by atoms with E-state index in [1.165, 1.54) is 0 Å². The summed E-state index contributed by atoms with van der Waals surface area (Å²) in [5.41, 5.74) is 0.484. The lowest BCUT2D eigenvalue weighted by Gasteiger charge is -2.60. The molecule has 23 heavy (non-hydrogen) atoms. The Balaban J connectivity index is 2.07. The second-order valence-corrected chi connectivity index (χ2v) is 8.96. The SMILES string of the molecule is C=CC1(C)C=C2C(O)CC3C(C)(CO)CC(=O)CC3(C)C2CC1. The van der Waals surface area contributed by atoms with Gasteiger partial charge < -0.3 is 10.2 Å². The fourth-order valence-electron chi connectivity index (χ4n) is 5.80. The van der Waals surface area contributed by atoms with Crippen LogP contribution in [-0.2, 0) is 4.79 Å². The number of ketones is 1. The van der Waals surface area contributed by atoms with E-state index in [2.05, 4.69) is 26.5 Å². The first kappa shape index (κ1) is 16.9. The number of fused-ring (bicyclic) bond motifs is 3. The van der Waals surface area contributed by atoms with Gasteiger partial charge in [-0.2, -0.15) is 0 Å². The Morgan fingerprint density at radius 2 is 2.04 bits per heavy atom. The van der Waals surface area contributed by atoms with Crippen LogP contribution in [0.3, 0.4) is 0 Å². The Bertz CT molecular complexity index is 565. The minimum absolute atomic E-state index is 0.0157. The van der Waals surface area contributed by atoms with Gasteiger partial charge in [-0.15, -0.1) is 6.58 Å². The van der Waals surface area contributed by atoms with Crippen LogP contribution in [0.5, 0.6) is 0 Å². The smallest absolute Gasteiger partial charge is 0.134 e. The molecule has 0 aromatic heterocycles. The van der Waals surface area contributed by atoms with Gasteiger partial charge in [0.25, 0.3) is 0 Å². The van der Waals surface area contributed by atoms with E-state index in [1.54, 1.807) is 0 Å². The van der Waals surface area contributed by atoms with Crippen LogP contribution in [0.4, 0.5) is 0 Å². The number of carbonyl (C=O) groups is 1. The Morgan fingerprint density at radius 1 is 1.35 bits per heavy atom. The Hall–Kier alpha value is -0.930. The van der Waals surface area contributed by atoms with Gasteiger partial charge in [-0.05, 0) is 42.1 Å². The highest BCUT2D eigenvalue weighted by atomic mass is 16.3. The summed E-state index contributed by atoms with van der Waals surface area (Å²) in [4.78, 5) is 12.4. The number of aliphatic hydroxyl groups excluding tert-OH is 2. The predicted octanol–water partition coefficient (Wildman–Crippen LogP) is 3.26. The van der Waals surface area contributed by atoms with Crippen LogP contribution in [0.25, 0.3) is 0 Å². The summed E-state index contributed by atoms with van der Waals surface area (Å²) in [5.74, 6) is 0.676. The standard InChI is InChI=1S/C20H30O3/c1-5-18(2)7-6-15-14(11-18)16(23)8-17-19(3,12-21)9-13(22)10-20(15,17)4/h5,11,15-17,21,23H,1,6-10,12H2,2-4H3. The molecule has 0 bridgehead atoms. The highest BCUT2D eigenvalue weighted by Gasteiger charge is 2.59. The van der Waals surface area contributed by atoms with Crippen molar-refractivity contribution in [1.29, 1.82) is 0 Å². The number of rotatable bonds is 2. The van der Waals surface area contributed by atoms with Gasteiger partial charge in [0.05, 0.1) is 6.10 Å². The minimum Gasteiger partial charge on any atom is -0.396 e. The second kappa shape index (κ2) is 5.29. The number of allylic oxidation sites excluding steroid dienone is 2. The molecule has 0 spiro atoms. The number of hydrogen-bond donors (Lipinski definition) is 2. The van der Waals surface area contributed by atoms with Crippen LogP contribution in [0, 0.1) is 28.1 Å². The zero-order valence-electron chi connectivity index (χ0n) is 14.6. The first-order valence-corrected chi connectivity index (χ1v) is 8.84. The van der Waals surface area contributed by atoms with Crippen LogP contribution >= 0.6 is 0 Å². The zero-order chi connectivity index (χ0) is 17.0. The number of hydrogen-bond acceptors (Lipinski definition) is 3. The molecular formula is C20H30O3. The Labute approximate surface area is 139 Å². The van der Waals surface area contributed by atoms with Gasteiger partial charge in [-0.1, -0.05) is 32.9 Å². The molecule has 0 heterocycles. The number of aliphatic hydroxyl groups is 2. The molecule has 6 atom stereocenters. The normalized spacial score (nSPS) is 49.9. The molecule has 3 aliphatic rings. The maximum absolute atomic E-state index is 12.4. The third-order valence-electron chi connectivity index (χ3n) is 7.15. The van der Waals surface area contributed by atoms with Crippen molar-refractivity contribution in [2.75, 3.05) is 6.61 Å². The molecule has 2 N–H and O–H groups in total. The fraction of sp³-hybridized carbons (Fsp3) is 0.750. The third kappa shape index (κ3) is 2.44. The van der Waals surface area contributed by atoms with Crippen molar-refractivity contribution in [2.24, 2.45) is 28.1 Å². The van der Waals surface area contributed by atoms with Crippen LogP contribution in [0.2, 0.25) is 0 Å². The Morgan fingerprint density at radius 3 is 2.65 bits per heavy atom. The van der Waals surface area contributed by atoms with Crippen molar-refractivity contribution in [3.05, 3.63) is 24.3 Å². The van der Waals surface area contributed by atoms with E-state index < -0.39 is 11.5 Å². The van der Waals surface area contributed by atoms with Gasteiger partial charge in [-0.25, -0.2) is 0 Å². The van der Waals surface area contributed by atoms with Crippen LogP contribution in [-0.4, -0.2) is 28.7 Å². The molecule has 0 aliphatic heterocycles. The molecular weight excluding hydrogens is 288 g/mol. The molecule has 0 aromatic rings. The second-order valence-electron chi connectivity index (χ2n) is 8.96. The minimum atomic E-state index is -0.461. The topological polar surface area (TPSA) is 57.5 Å². The fourth-order valence-corrected chi connectivity index (χ4v) is 5.80. The van der Waals surface area contributed by atoms with Gasteiger partial charge >= 0.3 is 0 Å². The van der Waals surface area contributed by atoms with Crippen molar-refractivity contribution < 1.29 is 15.0 Å². The Kier molecular flexibility index (Phi) is 3.89. The van der Waals surface area contributed by atoms with Gasteiger partial charge in [0.15, 0.2) is 0 Å². The lowest BCUT2D eigenvalue weighted by Crippen LogP contribution is -2.57. The van der Waals surface area contributed by atoms with Gasteiger partial charge in [0.2, 0.25) is 0 Å². The van der Waals surface area contributed by atoms with E-state index >= 15 is 0 Å². The molecule has 0 radical (unpaired) electrons.